The van der Waals surface area contributed by atoms with Crippen LogP contribution in [0, 0.1) is 0 Å². The second-order valence-corrected chi connectivity index (χ2v) is 10.8. The van der Waals surface area contributed by atoms with Gasteiger partial charge in [0.1, 0.15) is 6.04 Å². The van der Waals surface area contributed by atoms with E-state index in [2.05, 4.69) is 5.32 Å². The molecule has 7 nitrogen and oxygen atoms in total. The van der Waals surface area contributed by atoms with Crippen LogP contribution < -0.4 is 10.2 Å². The van der Waals surface area contributed by atoms with E-state index in [-0.39, 0.29) is 29.2 Å². The molecule has 4 rings (SSSR count). The summed E-state index contributed by atoms with van der Waals surface area (Å²) in [5.74, 6) is -0.501. The highest BCUT2D eigenvalue weighted by Crippen LogP contribution is 2.35. The average Bonchev–Trinajstić information content (AvgIpc) is 2.97. The molecule has 2 aromatic carbocycles. The Balaban J connectivity index is 1.57. The zero-order chi connectivity index (χ0) is 23.6. The summed E-state index contributed by atoms with van der Waals surface area (Å²) in [6.45, 7) is 4.39. The SMILES string of the molecule is CC(=O)N1c2ccc(S(=O)(=O)N3CCCCCC3)cc2C[C@@H]1C(=O)N[C@H](C)c1ccccc1. The van der Waals surface area contributed by atoms with Crippen LogP contribution in [0.3, 0.4) is 0 Å². The molecule has 2 amide bonds. The number of amides is 2. The number of hydrogen-bond donors (Lipinski definition) is 1. The Labute approximate surface area is 195 Å². The Morgan fingerprint density at radius 2 is 1.67 bits per heavy atom. The third-order valence-corrected chi connectivity index (χ3v) is 8.43. The van der Waals surface area contributed by atoms with Gasteiger partial charge in [-0.2, -0.15) is 4.31 Å². The molecule has 2 atom stereocenters. The maximum absolute atomic E-state index is 13.2. The molecule has 0 aromatic heterocycles. The van der Waals surface area contributed by atoms with Gasteiger partial charge in [0.15, 0.2) is 0 Å². The maximum atomic E-state index is 13.2. The summed E-state index contributed by atoms with van der Waals surface area (Å²) in [5, 5.41) is 3.00. The van der Waals surface area contributed by atoms with Crippen LogP contribution in [0.1, 0.15) is 56.7 Å². The van der Waals surface area contributed by atoms with E-state index < -0.39 is 16.1 Å². The molecular weight excluding hydrogens is 438 g/mol. The van der Waals surface area contributed by atoms with Gasteiger partial charge >= 0.3 is 0 Å². The summed E-state index contributed by atoms with van der Waals surface area (Å²) in [6.07, 6.45) is 4.10. The summed E-state index contributed by atoms with van der Waals surface area (Å²) in [4.78, 5) is 27.3. The van der Waals surface area contributed by atoms with E-state index in [9.17, 15) is 18.0 Å². The van der Waals surface area contributed by atoms with Gasteiger partial charge in [-0.1, -0.05) is 43.2 Å². The molecule has 2 aliphatic heterocycles. The lowest BCUT2D eigenvalue weighted by atomic mass is 10.1. The summed E-state index contributed by atoms with van der Waals surface area (Å²) >= 11 is 0. The van der Waals surface area contributed by atoms with Gasteiger partial charge in [-0.3, -0.25) is 14.5 Å². The van der Waals surface area contributed by atoms with E-state index in [1.165, 1.54) is 11.8 Å². The fraction of sp³-hybridized carbons (Fsp3) is 0.440. The molecular formula is C25H31N3O4S. The van der Waals surface area contributed by atoms with Crippen LogP contribution >= 0.6 is 0 Å². The first kappa shape index (κ1) is 23.4. The van der Waals surface area contributed by atoms with Crippen LogP contribution in [-0.2, 0) is 26.0 Å². The molecule has 0 aliphatic carbocycles. The van der Waals surface area contributed by atoms with E-state index >= 15 is 0 Å². The highest BCUT2D eigenvalue weighted by molar-refractivity contribution is 7.89. The van der Waals surface area contributed by atoms with Crippen LogP contribution in [0.15, 0.2) is 53.4 Å². The molecule has 0 radical (unpaired) electrons. The van der Waals surface area contributed by atoms with Gasteiger partial charge in [-0.15, -0.1) is 0 Å². The first-order valence-electron chi connectivity index (χ1n) is 11.6. The van der Waals surface area contributed by atoms with Crippen molar-refractivity contribution in [2.75, 3.05) is 18.0 Å². The molecule has 8 heteroatoms. The lowest BCUT2D eigenvalue weighted by molar-refractivity contribution is -0.126. The van der Waals surface area contributed by atoms with E-state index in [0.29, 0.717) is 24.3 Å². The zero-order valence-electron chi connectivity index (χ0n) is 19.2. The maximum Gasteiger partial charge on any atom is 0.244 e. The minimum Gasteiger partial charge on any atom is -0.348 e. The third kappa shape index (κ3) is 4.82. The van der Waals surface area contributed by atoms with Gasteiger partial charge in [-0.25, -0.2) is 8.42 Å². The molecule has 0 spiro atoms. The molecule has 2 aromatic rings. The molecule has 1 saturated heterocycles. The standard InChI is InChI=1S/C25H31N3O4S/c1-18(20-10-6-5-7-11-20)26-25(30)24-17-21-16-22(12-13-23(21)28(24)19(2)29)33(31,32)27-14-8-3-4-9-15-27/h5-7,10-13,16,18,24H,3-4,8-9,14-15,17H2,1-2H3,(H,26,30)/t18-,24-/m1/s1. The van der Waals surface area contributed by atoms with Crippen LogP contribution in [0.4, 0.5) is 5.69 Å². The molecule has 176 valence electrons. The third-order valence-electron chi connectivity index (χ3n) is 6.54. The first-order chi connectivity index (χ1) is 15.8. The van der Waals surface area contributed by atoms with Crippen molar-refractivity contribution in [3.63, 3.8) is 0 Å². The second-order valence-electron chi connectivity index (χ2n) is 8.86. The van der Waals surface area contributed by atoms with Gasteiger partial charge in [0.2, 0.25) is 21.8 Å². The fourth-order valence-electron chi connectivity index (χ4n) is 4.75. The number of carbonyl (C=O) groups is 2. The van der Waals surface area contributed by atoms with Crippen LogP contribution in [-0.4, -0.2) is 43.7 Å². The lowest BCUT2D eigenvalue weighted by Gasteiger charge is -2.25. The monoisotopic (exact) mass is 469 g/mol. The predicted molar refractivity (Wildman–Crippen MR) is 127 cm³/mol. The van der Waals surface area contributed by atoms with E-state index in [4.69, 9.17) is 0 Å². The number of nitrogens with one attached hydrogen (secondary N) is 1. The van der Waals surface area contributed by atoms with Crippen molar-refractivity contribution < 1.29 is 18.0 Å². The number of sulfonamides is 1. The van der Waals surface area contributed by atoms with Gasteiger partial charge in [0.05, 0.1) is 10.9 Å². The minimum absolute atomic E-state index is 0.213. The van der Waals surface area contributed by atoms with Crippen LogP contribution in [0.25, 0.3) is 0 Å². The number of nitrogens with zero attached hydrogens (tertiary/aromatic N) is 2. The normalized spacial score (nSPS) is 20.1. The first-order valence-corrected chi connectivity index (χ1v) is 13.0. The smallest absolute Gasteiger partial charge is 0.244 e. The summed E-state index contributed by atoms with van der Waals surface area (Å²) in [6, 6.07) is 13.6. The molecule has 0 saturated carbocycles. The summed E-state index contributed by atoms with van der Waals surface area (Å²) < 4.78 is 28.0. The molecule has 33 heavy (non-hydrogen) atoms. The Morgan fingerprint density at radius 1 is 1.00 bits per heavy atom. The van der Waals surface area contributed by atoms with E-state index in [1.807, 2.05) is 37.3 Å². The number of benzene rings is 2. The number of rotatable bonds is 5. The molecule has 1 fully saturated rings. The Kier molecular flexibility index (Phi) is 6.86. The fourth-order valence-corrected chi connectivity index (χ4v) is 6.32. The molecule has 2 heterocycles. The Bertz CT molecular complexity index is 1130. The van der Waals surface area contributed by atoms with Crippen molar-refractivity contribution in [1.29, 1.82) is 0 Å². The zero-order valence-corrected chi connectivity index (χ0v) is 20.0. The van der Waals surface area contributed by atoms with Crippen molar-refractivity contribution in [2.45, 2.75) is 62.9 Å². The van der Waals surface area contributed by atoms with E-state index in [1.54, 1.807) is 22.5 Å². The molecule has 1 N–H and O–H groups in total. The van der Waals surface area contributed by atoms with Crippen LogP contribution in [0.2, 0.25) is 0 Å². The van der Waals surface area contributed by atoms with Gasteiger partial charge in [0.25, 0.3) is 0 Å². The summed E-state index contributed by atoms with van der Waals surface area (Å²) in [5.41, 5.74) is 2.28. The number of carbonyl (C=O) groups excluding carboxylic acids is 2. The minimum atomic E-state index is -3.61. The quantitative estimate of drug-likeness (QED) is 0.727. The van der Waals surface area contributed by atoms with E-state index in [0.717, 1.165) is 31.2 Å². The Hall–Kier alpha value is -2.71. The molecule has 0 unspecified atom stereocenters. The number of hydrogen-bond acceptors (Lipinski definition) is 4. The topological polar surface area (TPSA) is 86.8 Å². The van der Waals surface area contributed by atoms with Crippen molar-refractivity contribution in [2.24, 2.45) is 0 Å². The summed E-state index contributed by atoms with van der Waals surface area (Å²) in [7, 11) is -3.61. The number of fused-ring (bicyclic) bond motifs is 1. The molecule has 0 bridgehead atoms. The van der Waals surface area contributed by atoms with Crippen LogP contribution in [0.5, 0.6) is 0 Å². The van der Waals surface area contributed by atoms with Crippen molar-refractivity contribution in [1.82, 2.24) is 9.62 Å². The van der Waals surface area contributed by atoms with Gasteiger partial charge in [-0.05, 0) is 49.1 Å². The lowest BCUT2D eigenvalue weighted by Crippen LogP contribution is -2.47. The van der Waals surface area contributed by atoms with Gasteiger partial charge < -0.3 is 5.32 Å². The average molecular weight is 470 g/mol. The largest absolute Gasteiger partial charge is 0.348 e. The van der Waals surface area contributed by atoms with Crippen molar-refractivity contribution in [3.8, 4) is 0 Å². The van der Waals surface area contributed by atoms with Crippen molar-refractivity contribution in [3.05, 3.63) is 59.7 Å². The van der Waals surface area contributed by atoms with Gasteiger partial charge in [0, 0.05) is 32.1 Å². The Morgan fingerprint density at radius 3 is 2.30 bits per heavy atom. The second kappa shape index (κ2) is 9.65. The highest BCUT2D eigenvalue weighted by atomic mass is 32.2. The number of anilines is 1. The predicted octanol–water partition coefficient (Wildman–Crippen LogP) is 3.41. The highest BCUT2D eigenvalue weighted by Gasteiger charge is 2.38. The van der Waals surface area contributed by atoms with Crippen molar-refractivity contribution >= 4 is 27.5 Å². The molecule has 2 aliphatic rings.